The van der Waals surface area contributed by atoms with Crippen LogP contribution in [0.1, 0.15) is 123 Å². The molecule has 0 aliphatic heterocycles. The van der Waals surface area contributed by atoms with E-state index in [1.165, 1.54) is 19.3 Å². The molecule has 0 heterocycles. The van der Waals surface area contributed by atoms with Gasteiger partial charge in [0.1, 0.15) is 19.3 Å². The summed E-state index contributed by atoms with van der Waals surface area (Å²) in [5.74, 6) is -0.355. The second-order valence-corrected chi connectivity index (χ2v) is 15.8. The molecule has 304 valence electrons. The van der Waals surface area contributed by atoms with Crippen molar-refractivity contribution in [3.63, 3.8) is 0 Å². The number of nitrogens with one attached hydrogen (secondary N) is 1. The van der Waals surface area contributed by atoms with E-state index in [0.29, 0.717) is 30.3 Å². The topological polar surface area (TPSA) is 128 Å². The number of amides is 1. The molecular weight excluding hydrogens is 687 g/mol. The minimum Gasteiger partial charge on any atom is -0.756 e. The molecule has 10 heteroatoms. The third-order valence-electron chi connectivity index (χ3n) is 8.19. The zero-order chi connectivity index (χ0) is 39.5. The number of phosphoric acid groups is 1. The monoisotopic (exact) mass is 763 g/mol. The van der Waals surface area contributed by atoms with Gasteiger partial charge in [0.15, 0.2) is 0 Å². The minimum atomic E-state index is -4.69. The number of rotatable bonds is 34. The van der Waals surface area contributed by atoms with Gasteiger partial charge in [0.05, 0.1) is 39.9 Å². The van der Waals surface area contributed by atoms with Crippen molar-refractivity contribution in [2.24, 2.45) is 0 Å². The van der Waals surface area contributed by atoms with Crippen LogP contribution in [0, 0.1) is 0 Å². The Morgan fingerprint density at radius 3 is 1.74 bits per heavy atom. The molecule has 1 amide bonds. The van der Waals surface area contributed by atoms with E-state index in [9.17, 15) is 24.5 Å². The molecule has 0 aromatic heterocycles. The van der Waals surface area contributed by atoms with Crippen molar-refractivity contribution in [2.45, 2.75) is 141 Å². The lowest BCUT2D eigenvalue weighted by atomic mass is 10.0. The van der Waals surface area contributed by atoms with Crippen LogP contribution in [0.25, 0.3) is 0 Å². The Balaban J connectivity index is 4.77. The Labute approximate surface area is 323 Å². The number of quaternary nitrogens is 1. The fraction of sp³-hybridized carbons (Fsp3) is 0.651. The molecule has 4 atom stereocenters. The van der Waals surface area contributed by atoms with Gasteiger partial charge in [-0.15, -0.1) is 0 Å². The molecule has 0 aliphatic carbocycles. The van der Waals surface area contributed by atoms with Crippen molar-refractivity contribution >= 4 is 13.7 Å². The second-order valence-electron chi connectivity index (χ2n) is 14.4. The van der Waals surface area contributed by atoms with Crippen molar-refractivity contribution in [1.82, 2.24) is 5.32 Å². The predicted molar refractivity (Wildman–Crippen MR) is 220 cm³/mol. The average molecular weight is 763 g/mol. The van der Waals surface area contributed by atoms with Crippen molar-refractivity contribution < 1.29 is 38.0 Å². The maximum Gasteiger partial charge on any atom is 0.268 e. The Bertz CT molecular complexity index is 1150. The summed E-state index contributed by atoms with van der Waals surface area (Å²) in [6, 6.07) is -1.13. The lowest BCUT2D eigenvalue weighted by Gasteiger charge is -2.31. The molecule has 0 aliphatic rings. The van der Waals surface area contributed by atoms with Gasteiger partial charge in [0.25, 0.3) is 7.82 Å². The zero-order valence-corrected chi connectivity index (χ0v) is 34.7. The highest BCUT2D eigenvalue weighted by molar-refractivity contribution is 7.45. The number of nitrogens with zero attached hydrogens (tertiary/aromatic N) is 1. The van der Waals surface area contributed by atoms with E-state index in [2.05, 4.69) is 98.2 Å². The fourth-order valence-electron chi connectivity index (χ4n) is 4.95. The lowest BCUT2D eigenvalue weighted by Crippen LogP contribution is -2.51. The highest BCUT2D eigenvalue weighted by atomic mass is 31.2. The number of likely N-dealkylation sites (N-methyl/N-ethyl adjacent to an activating group) is 1. The van der Waals surface area contributed by atoms with Gasteiger partial charge in [-0.2, -0.15) is 0 Å². The maximum absolute atomic E-state index is 12.8. The van der Waals surface area contributed by atoms with E-state index >= 15 is 0 Å². The number of carbonyl (C=O) groups excluding carboxylic acids is 1. The Hall–Kier alpha value is -2.36. The van der Waals surface area contributed by atoms with Crippen LogP contribution in [0.5, 0.6) is 0 Å². The van der Waals surface area contributed by atoms with E-state index in [0.717, 1.165) is 57.8 Å². The van der Waals surface area contributed by atoms with Crippen LogP contribution in [0.4, 0.5) is 0 Å². The molecule has 0 rings (SSSR count). The molecule has 0 aromatic carbocycles. The Morgan fingerprint density at radius 1 is 0.698 bits per heavy atom. The Kier molecular flexibility index (Phi) is 32.6. The summed E-state index contributed by atoms with van der Waals surface area (Å²) < 4.78 is 23.0. The Morgan fingerprint density at radius 2 is 1.19 bits per heavy atom. The van der Waals surface area contributed by atoms with Crippen LogP contribution in [0.15, 0.2) is 85.1 Å². The van der Waals surface area contributed by atoms with Gasteiger partial charge < -0.3 is 34.0 Å². The van der Waals surface area contributed by atoms with Crippen molar-refractivity contribution in [3.05, 3.63) is 85.1 Å². The molecule has 0 bridgehead atoms. The number of aliphatic hydroxyl groups is 2. The number of aliphatic hydroxyl groups excluding tert-OH is 2. The average Bonchev–Trinajstić information content (AvgIpc) is 3.10. The first-order valence-corrected chi connectivity index (χ1v) is 21.5. The molecule has 0 saturated heterocycles. The fourth-order valence-corrected chi connectivity index (χ4v) is 5.67. The van der Waals surface area contributed by atoms with Gasteiger partial charge in [-0.05, 0) is 89.9 Å². The number of phosphoric ester groups is 1. The molecule has 0 spiro atoms. The van der Waals surface area contributed by atoms with Gasteiger partial charge in [-0.3, -0.25) is 9.36 Å². The molecular formula is C43H75N2O7P. The van der Waals surface area contributed by atoms with Gasteiger partial charge >= 0.3 is 0 Å². The minimum absolute atomic E-state index is 0.0644. The van der Waals surface area contributed by atoms with Gasteiger partial charge in [-0.25, -0.2) is 0 Å². The van der Waals surface area contributed by atoms with E-state index in [4.69, 9.17) is 9.05 Å². The van der Waals surface area contributed by atoms with Crippen LogP contribution in [-0.4, -0.2) is 79.8 Å². The molecule has 0 fully saturated rings. The van der Waals surface area contributed by atoms with Crippen LogP contribution < -0.4 is 10.2 Å². The standard InChI is InChI=1S/C43H75N2O7P/c1-6-8-10-12-14-16-18-20-21-22-23-24-26-28-30-32-34-36-42(47)44-40(39-52-53(49,50)51-38-37-45(3,4)5)43(48)41(46)35-33-31-29-27-25-19-17-15-13-11-9-7-2/h8,10,14-17,20-21,23-24,27-30,40-41,43,46,48H,6-7,9,11-13,18-19,22,25-26,31-39H2,1-5H3,(H-,44,47,49,50)/b10-8-,16-14-,17-15+,21-20-,24-23-,29-27+,30-28-. The van der Waals surface area contributed by atoms with E-state index < -0.39 is 32.7 Å². The molecule has 0 aromatic rings. The lowest BCUT2D eigenvalue weighted by molar-refractivity contribution is -0.870. The smallest absolute Gasteiger partial charge is 0.268 e. The summed E-state index contributed by atoms with van der Waals surface area (Å²) >= 11 is 0. The highest BCUT2D eigenvalue weighted by Crippen LogP contribution is 2.38. The summed E-state index contributed by atoms with van der Waals surface area (Å²) in [6.07, 6.45) is 42.1. The number of hydrogen-bond acceptors (Lipinski definition) is 7. The van der Waals surface area contributed by atoms with E-state index in [1.54, 1.807) is 0 Å². The first-order chi connectivity index (χ1) is 25.4. The molecule has 4 unspecified atom stereocenters. The summed E-state index contributed by atoms with van der Waals surface area (Å²) in [5, 5.41) is 24.4. The van der Waals surface area contributed by atoms with Crippen LogP contribution in [-0.2, 0) is 18.4 Å². The van der Waals surface area contributed by atoms with Crippen LogP contribution in [0.3, 0.4) is 0 Å². The molecule has 0 radical (unpaired) electrons. The number of hydrogen-bond donors (Lipinski definition) is 3. The third kappa shape index (κ3) is 35.1. The normalized spacial score (nSPS) is 16.0. The van der Waals surface area contributed by atoms with Crippen molar-refractivity contribution in [1.29, 1.82) is 0 Å². The molecule has 53 heavy (non-hydrogen) atoms. The van der Waals surface area contributed by atoms with E-state index in [1.807, 2.05) is 27.2 Å². The largest absolute Gasteiger partial charge is 0.756 e. The first kappa shape index (κ1) is 50.6. The van der Waals surface area contributed by atoms with Gasteiger partial charge in [0, 0.05) is 6.42 Å². The molecule has 0 saturated carbocycles. The van der Waals surface area contributed by atoms with Crippen LogP contribution >= 0.6 is 7.82 Å². The zero-order valence-electron chi connectivity index (χ0n) is 33.8. The maximum atomic E-state index is 12.8. The number of unbranched alkanes of at least 4 members (excludes halogenated alkanes) is 6. The van der Waals surface area contributed by atoms with Crippen molar-refractivity contribution in [2.75, 3.05) is 40.9 Å². The summed E-state index contributed by atoms with van der Waals surface area (Å²) in [7, 11) is 1.04. The third-order valence-corrected chi connectivity index (χ3v) is 9.15. The first-order valence-electron chi connectivity index (χ1n) is 20.0. The number of carbonyl (C=O) groups is 1. The van der Waals surface area contributed by atoms with Crippen molar-refractivity contribution in [3.8, 4) is 0 Å². The molecule has 3 N–H and O–H groups in total. The van der Waals surface area contributed by atoms with Gasteiger partial charge in [0.2, 0.25) is 5.91 Å². The summed E-state index contributed by atoms with van der Waals surface area (Å²) in [5.41, 5.74) is 0. The quantitative estimate of drug-likeness (QED) is 0.0259. The van der Waals surface area contributed by atoms with Crippen LogP contribution in [0.2, 0.25) is 0 Å². The summed E-state index contributed by atoms with van der Waals surface area (Å²) in [4.78, 5) is 25.2. The number of allylic oxidation sites excluding steroid dienone is 14. The van der Waals surface area contributed by atoms with Gasteiger partial charge in [-0.1, -0.05) is 112 Å². The second kappa shape index (κ2) is 34.2. The molecule has 9 nitrogen and oxygen atoms in total. The predicted octanol–water partition coefficient (Wildman–Crippen LogP) is 8.97. The van der Waals surface area contributed by atoms with E-state index in [-0.39, 0.29) is 25.4 Å². The highest BCUT2D eigenvalue weighted by Gasteiger charge is 2.29. The summed E-state index contributed by atoms with van der Waals surface area (Å²) in [6.45, 7) is 4.17. The SMILES string of the molecule is CC/C=C\C/C=C\C/C=C\C/C=C\C/C=C\CCCC(=O)NC(COP(=O)([O-])OCC[N+](C)(C)C)C(O)C(O)CCC/C=C/CC/C=C/CCCCC.